The third-order valence-electron chi connectivity index (χ3n) is 6.37. The van der Waals surface area contributed by atoms with Gasteiger partial charge in [0.25, 0.3) is 6.01 Å². The average Bonchev–Trinajstić information content (AvgIpc) is 3.25. The lowest BCUT2D eigenvalue weighted by Gasteiger charge is -2.25. The highest BCUT2D eigenvalue weighted by molar-refractivity contribution is 6.33. The molecule has 0 saturated heterocycles. The standard InChI is InChI=1S/C26H23ClN4O4/c27-20-13-21-24(31-26(29-21)35-19-11-9-18(10-12-19)25(33)34)30-22(20)16-5-1-14(2-6-16)15-3-7-17(8-4-15)23(28)32/h1-8,13,18-19H,9-12H2,(H2,28,32)(H,33,34)(H,29,30,31)/t18-,19-. The van der Waals surface area contributed by atoms with Crippen molar-refractivity contribution in [2.45, 2.75) is 31.8 Å². The van der Waals surface area contributed by atoms with Gasteiger partial charge in [0, 0.05) is 11.1 Å². The normalized spacial score (nSPS) is 17.9. The number of carbonyl (C=O) groups is 2. The van der Waals surface area contributed by atoms with Crippen LogP contribution >= 0.6 is 11.6 Å². The number of H-pyrrole nitrogens is 1. The first-order chi connectivity index (χ1) is 16.9. The second-order valence-electron chi connectivity index (χ2n) is 8.68. The second-order valence-corrected chi connectivity index (χ2v) is 9.09. The molecule has 2 aromatic heterocycles. The van der Waals surface area contributed by atoms with E-state index in [9.17, 15) is 9.59 Å². The van der Waals surface area contributed by atoms with E-state index >= 15 is 0 Å². The summed E-state index contributed by atoms with van der Waals surface area (Å²) in [6.45, 7) is 0. The number of hydrogen-bond acceptors (Lipinski definition) is 5. The number of ether oxygens (including phenoxy) is 1. The van der Waals surface area contributed by atoms with Gasteiger partial charge in [0.1, 0.15) is 6.10 Å². The van der Waals surface area contributed by atoms with Crippen molar-refractivity contribution in [3.63, 3.8) is 0 Å². The molecule has 0 atom stereocenters. The third-order valence-corrected chi connectivity index (χ3v) is 6.66. The molecule has 35 heavy (non-hydrogen) atoms. The SMILES string of the molecule is NC(=O)c1ccc(-c2ccc(-c3nc4nc(O[C@H]5CC[C@H](C(=O)O)CC5)[nH]c4cc3Cl)cc2)cc1. The summed E-state index contributed by atoms with van der Waals surface area (Å²) in [5.74, 6) is -1.50. The lowest BCUT2D eigenvalue weighted by Crippen LogP contribution is -2.28. The summed E-state index contributed by atoms with van der Waals surface area (Å²) in [6.07, 6.45) is 2.46. The van der Waals surface area contributed by atoms with Crippen molar-refractivity contribution in [2.75, 3.05) is 0 Å². The van der Waals surface area contributed by atoms with Crippen molar-refractivity contribution in [2.24, 2.45) is 11.7 Å². The largest absolute Gasteiger partial charge is 0.481 e. The molecule has 1 fully saturated rings. The zero-order valence-corrected chi connectivity index (χ0v) is 19.5. The topological polar surface area (TPSA) is 131 Å². The highest BCUT2D eigenvalue weighted by Gasteiger charge is 2.27. The number of carboxylic acids is 1. The van der Waals surface area contributed by atoms with E-state index in [1.807, 2.05) is 36.4 Å². The number of fused-ring (bicyclic) bond motifs is 1. The van der Waals surface area contributed by atoms with Crippen molar-refractivity contribution < 1.29 is 19.4 Å². The van der Waals surface area contributed by atoms with Gasteiger partial charge in [0.2, 0.25) is 5.91 Å². The summed E-state index contributed by atoms with van der Waals surface area (Å²) in [5, 5.41) is 9.64. The van der Waals surface area contributed by atoms with Gasteiger partial charge in [-0.25, -0.2) is 4.98 Å². The molecule has 8 nitrogen and oxygen atoms in total. The van der Waals surface area contributed by atoms with E-state index in [0.717, 1.165) is 16.7 Å². The van der Waals surface area contributed by atoms with E-state index in [4.69, 9.17) is 27.2 Å². The highest BCUT2D eigenvalue weighted by atomic mass is 35.5. The molecule has 9 heteroatoms. The number of primary amides is 1. The number of pyridine rings is 1. The van der Waals surface area contributed by atoms with E-state index in [0.29, 0.717) is 59.1 Å². The van der Waals surface area contributed by atoms with E-state index in [1.165, 1.54) is 0 Å². The molecule has 178 valence electrons. The van der Waals surface area contributed by atoms with Crippen LogP contribution in [0.4, 0.5) is 0 Å². The van der Waals surface area contributed by atoms with Crippen molar-refractivity contribution in [1.29, 1.82) is 0 Å². The molecule has 4 aromatic rings. The summed E-state index contributed by atoms with van der Waals surface area (Å²) in [5.41, 5.74) is 10.3. The van der Waals surface area contributed by atoms with E-state index < -0.39 is 11.9 Å². The number of amides is 1. The minimum atomic E-state index is -0.743. The predicted molar refractivity (Wildman–Crippen MR) is 132 cm³/mol. The number of hydrogen-bond donors (Lipinski definition) is 3. The van der Waals surface area contributed by atoms with Crippen molar-refractivity contribution >= 4 is 34.6 Å². The van der Waals surface area contributed by atoms with Crippen molar-refractivity contribution in [1.82, 2.24) is 15.0 Å². The van der Waals surface area contributed by atoms with Gasteiger partial charge >= 0.3 is 5.97 Å². The van der Waals surface area contributed by atoms with Crippen LogP contribution in [0, 0.1) is 5.92 Å². The highest BCUT2D eigenvalue weighted by Crippen LogP contribution is 2.32. The molecule has 0 radical (unpaired) electrons. The fraction of sp³-hybridized carbons (Fsp3) is 0.231. The van der Waals surface area contributed by atoms with Gasteiger partial charge in [-0.05, 0) is 55.0 Å². The quantitative estimate of drug-likeness (QED) is 0.346. The predicted octanol–water partition coefficient (Wildman–Crippen LogP) is 5.07. The second kappa shape index (κ2) is 9.38. The summed E-state index contributed by atoms with van der Waals surface area (Å²) >= 11 is 6.54. The number of carbonyl (C=O) groups excluding carboxylic acids is 1. The number of aliphatic carboxylic acids is 1. The van der Waals surface area contributed by atoms with Gasteiger partial charge < -0.3 is 20.6 Å². The monoisotopic (exact) mass is 490 g/mol. The van der Waals surface area contributed by atoms with Crippen LogP contribution in [0.25, 0.3) is 33.5 Å². The van der Waals surface area contributed by atoms with Crippen LogP contribution < -0.4 is 10.5 Å². The zero-order chi connectivity index (χ0) is 24.5. The summed E-state index contributed by atoms with van der Waals surface area (Å²) in [6, 6.07) is 17.0. The number of nitrogens with zero attached hydrogens (tertiary/aromatic N) is 2. The Labute approximate surface area is 206 Å². The van der Waals surface area contributed by atoms with Gasteiger partial charge in [0.05, 0.1) is 22.2 Å². The first kappa shape index (κ1) is 22.9. The van der Waals surface area contributed by atoms with Crippen LogP contribution in [-0.2, 0) is 4.79 Å². The lowest BCUT2D eigenvalue weighted by atomic mass is 9.87. The molecular weight excluding hydrogens is 468 g/mol. The zero-order valence-electron chi connectivity index (χ0n) is 18.7. The summed E-state index contributed by atoms with van der Waals surface area (Å²) < 4.78 is 5.97. The van der Waals surface area contributed by atoms with Gasteiger partial charge in [-0.15, -0.1) is 0 Å². The average molecular weight is 491 g/mol. The maximum Gasteiger partial charge on any atom is 0.306 e. The van der Waals surface area contributed by atoms with E-state index in [2.05, 4.69) is 15.0 Å². The Kier molecular flexibility index (Phi) is 6.13. The Hall–Kier alpha value is -3.91. The molecule has 2 heterocycles. The number of imidazole rings is 1. The van der Waals surface area contributed by atoms with Crippen LogP contribution in [0.3, 0.4) is 0 Å². The number of halogens is 1. The molecule has 4 N–H and O–H groups in total. The Morgan fingerprint density at radius 2 is 1.54 bits per heavy atom. The fourth-order valence-corrected chi connectivity index (χ4v) is 4.65. The number of rotatable bonds is 6. The Morgan fingerprint density at radius 1 is 0.943 bits per heavy atom. The van der Waals surface area contributed by atoms with Gasteiger partial charge in [-0.2, -0.15) is 4.98 Å². The fourth-order valence-electron chi connectivity index (χ4n) is 4.39. The molecule has 0 spiro atoms. The summed E-state index contributed by atoms with van der Waals surface area (Å²) in [4.78, 5) is 34.7. The number of carboxylic acid groups (broad SMARTS) is 1. The third kappa shape index (κ3) is 4.83. The number of aromatic nitrogens is 3. The van der Waals surface area contributed by atoms with Crippen molar-refractivity contribution in [3.05, 3.63) is 65.2 Å². The lowest BCUT2D eigenvalue weighted by molar-refractivity contribution is -0.143. The first-order valence-corrected chi connectivity index (χ1v) is 11.7. The molecular formula is C26H23ClN4O4. The van der Waals surface area contributed by atoms with Gasteiger partial charge in [-0.3, -0.25) is 9.59 Å². The number of nitrogens with two attached hydrogens (primary N) is 1. The Morgan fingerprint density at radius 3 is 2.14 bits per heavy atom. The molecule has 5 rings (SSSR count). The maximum atomic E-state index is 11.3. The van der Waals surface area contributed by atoms with E-state index in [-0.39, 0.29) is 12.0 Å². The van der Waals surface area contributed by atoms with Gasteiger partial charge in [0.15, 0.2) is 5.65 Å². The van der Waals surface area contributed by atoms with E-state index in [1.54, 1.807) is 18.2 Å². The minimum absolute atomic E-state index is 0.0781. The molecule has 1 aliphatic rings. The first-order valence-electron chi connectivity index (χ1n) is 11.3. The molecule has 0 aliphatic heterocycles. The van der Waals surface area contributed by atoms with Gasteiger partial charge in [-0.1, -0.05) is 48.0 Å². The molecule has 0 bridgehead atoms. The Balaban J connectivity index is 1.33. The van der Waals surface area contributed by atoms with Crippen LogP contribution in [0.1, 0.15) is 36.0 Å². The number of nitrogens with one attached hydrogen (secondary N) is 1. The number of benzene rings is 2. The Bertz CT molecular complexity index is 1390. The minimum Gasteiger partial charge on any atom is -0.481 e. The maximum absolute atomic E-state index is 11.3. The molecule has 2 aromatic carbocycles. The molecule has 1 amide bonds. The van der Waals surface area contributed by atoms with Crippen LogP contribution in [-0.4, -0.2) is 38.0 Å². The number of aromatic amines is 1. The van der Waals surface area contributed by atoms with Crippen LogP contribution in [0.5, 0.6) is 6.01 Å². The van der Waals surface area contributed by atoms with Crippen LogP contribution in [0.2, 0.25) is 5.02 Å². The smallest absolute Gasteiger partial charge is 0.306 e. The molecule has 1 aliphatic carbocycles. The summed E-state index contributed by atoms with van der Waals surface area (Å²) in [7, 11) is 0. The van der Waals surface area contributed by atoms with Crippen molar-refractivity contribution in [3.8, 4) is 28.4 Å². The molecule has 0 unspecified atom stereocenters. The molecule has 1 saturated carbocycles. The van der Waals surface area contributed by atoms with Crippen LogP contribution in [0.15, 0.2) is 54.6 Å².